The van der Waals surface area contributed by atoms with E-state index in [4.69, 9.17) is 24.3 Å². The molecule has 1 aliphatic heterocycles. The average Bonchev–Trinajstić information content (AvgIpc) is 3.87. The van der Waals surface area contributed by atoms with Crippen molar-refractivity contribution in [3.05, 3.63) is 72.2 Å². The van der Waals surface area contributed by atoms with Gasteiger partial charge in [0.25, 0.3) is 0 Å². The minimum absolute atomic E-state index is 0.114. The van der Waals surface area contributed by atoms with Crippen molar-refractivity contribution in [2.75, 3.05) is 44.7 Å². The summed E-state index contributed by atoms with van der Waals surface area (Å²) in [6, 6.07) is 14.0. The van der Waals surface area contributed by atoms with Crippen LogP contribution in [0.25, 0.3) is 16.8 Å². The summed E-state index contributed by atoms with van der Waals surface area (Å²) in [7, 11) is 1.65. The number of pyridine rings is 2. The number of methoxy groups -OCH3 is 1. The maximum atomic E-state index is 12.5. The molecule has 6 rings (SSSR count). The van der Waals surface area contributed by atoms with E-state index in [1.165, 1.54) is 5.56 Å². The zero-order valence-electron chi connectivity index (χ0n) is 30.2. The Bertz CT molecular complexity index is 1750. The molecule has 0 bridgehead atoms. The molecule has 0 N–H and O–H groups in total. The van der Waals surface area contributed by atoms with Gasteiger partial charge in [0.2, 0.25) is 6.41 Å². The zero-order valence-corrected chi connectivity index (χ0v) is 30.2. The van der Waals surface area contributed by atoms with Gasteiger partial charge >= 0.3 is 6.09 Å². The zero-order chi connectivity index (χ0) is 35.4. The number of hydrogen-bond acceptors (Lipinski definition) is 8. The number of hydrogen-bond donors (Lipinski definition) is 0. The molecule has 11 heteroatoms. The van der Waals surface area contributed by atoms with E-state index in [-0.39, 0.29) is 18.1 Å². The summed E-state index contributed by atoms with van der Waals surface area (Å²) in [6.45, 7) is 13.6. The van der Waals surface area contributed by atoms with Crippen LogP contribution < -0.4 is 14.4 Å². The Hall–Kier alpha value is -4.80. The van der Waals surface area contributed by atoms with Gasteiger partial charge in [-0.3, -0.25) is 9.78 Å². The van der Waals surface area contributed by atoms with E-state index in [2.05, 4.69) is 30.9 Å². The number of piperazine rings is 1. The maximum absolute atomic E-state index is 12.5. The fourth-order valence-electron chi connectivity index (χ4n) is 6.57. The average molecular weight is 683 g/mol. The first-order valence-electron chi connectivity index (χ1n) is 17.7. The smallest absolute Gasteiger partial charge is 0.410 e. The Morgan fingerprint density at radius 3 is 2.40 bits per heavy atom. The third kappa shape index (κ3) is 8.31. The van der Waals surface area contributed by atoms with E-state index in [1.807, 2.05) is 79.1 Å². The van der Waals surface area contributed by atoms with Gasteiger partial charge in [0.05, 0.1) is 30.9 Å². The molecular formula is C39H50N6O5. The van der Waals surface area contributed by atoms with Crippen LogP contribution in [0.4, 0.5) is 10.5 Å². The summed E-state index contributed by atoms with van der Waals surface area (Å²) in [5, 5.41) is 4.75. The number of nitrogens with zero attached hydrogens (tertiary/aromatic N) is 6. The van der Waals surface area contributed by atoms with Crippen molar-refractivity contribution in [3.63, 3.8) is 0 Å². The summed E-state index contributed by atoms with van der Waals surface area (Å²) < 4.78 is 19.6. The molecule has 2 amide bonds. The number of amides is 2. The SMILES string of the molecule is CCC(CN(C=O)Cc1ccc(OC)cc1)C(C)Oc1cc(-c2ccc(N3CCN(C(=O)OC(C)(C)C)CC3)cn2)cn2ncc(C3CC3)c12. The van der Waals surface area contributed by atoms with Gasteiger partial charge in [0, 0.05) is 62.5 Å². The summed E-state index contributed by atoms with van der Waals surface area (Å²) in [4.78, 5) is 35.4. The molecule has 0 spiro atoms. The number of ether oxygens (including phenoxy) is 3. The van der Waals surface area contributed by atoms with Crippen molar-refractivity contribution in [3.8, 4) is 22.8 Å². The Morgan fingerprint density at radius 1 is 1.06 bits per heavy atom. The summed E-state index contributed by atoms with van der Waals surface area (Å²) in [5.41, 5.74) is 5.50. The predicted molar refractivity (Wildman–Crippen MR) is 194 cm³/mol. The fraction of sp³-hybridized carbons (Fsp3) is 0.487. The molecule has 11 nitrogen and oxygen atoms in total. The lowest BCUT2D eigenvalue weighted by Crippen LogP contribution is -2.50. The van der Waals surface area contributed by atoms with Gasteiger partial charge in [-0.25, -0.2) is 9.31 Å². The van der Waals surface area contributed by atoms with Crippen molar-refractivity contribution in [1.82, 2.24) is 24.4 Å². The van der Waals surface area contributed by atoms with Crippen LogP contribution in [-0.4, -0.2) is 88.4 Å². The molecule has 1 aliphatic carbocycles. The molecule has 3 aromatic heterocycles. The number of rotatable bonds is 13. The topological polar surface area (TPSA) is 102 Å². The van der Waals surface area contributed by atoms with E-state index in [1.54, 1.807) is 12.0 Å². The van der Waals surface area contributed by atoms with Gasteiger partial charge in [-0.1, -0.05) is 19.1 Å². The molecule has 2 atom stereocenters. The van der Waals surface area contributed by atoms with Gasteiger partial charge < -0.3 is 28.9 Å². The lowest BCUT2D eigenvalue weighted by atomic mass is 9.99. The summed E-state index contributed by atoms with van der Waals surface area (Å²) >= 11 is 0. The van der Waals surface area contributed by atoms with E-state index in [0.29, 0.717) is 45.2 Å². The number of anilines is 1. The van der Waals surface area contributed by atoms with Crippen molar-refractivity contribution < 1.29 is 23.8 Å². The lowest BCUT2D eigenvalue weighted by Gasteiger charge is -2.36. The fourth-order valence-corrected chi connectivity index (χ4v) is 6.57. The van der Waals surface area contributed by atoms with Gasteiger partial charge in [0.1, 0.15) is 28.7 Å². The number of benzene rings is 1. The molecule has 4 heterocycles. The normalized spacial score (nSPS) is 16.2. The largest absolute Gasteiger partial charge is 0.497 e. The molecule has 0 radical (unpaired) electrons. The van der Waals surface area contributed by atoms with Crippen molar-refractivity contribution in [2.45, 2.75) is 78.0 Å². The highest BCUT2D eigenvalue weighted by molar-refractivity contribution is 5.73. The summed E-state index contributed by atoms with van der Waals surface area (Å²) in [5.74, 6) is 2.19. The molecule has 2 fully saturated rings. The molecule has 2 aliphatic rings. The Kier molecular flexibility index (Phi) is 10.5. The van der Waals surface area contributed by atoms with Crippen LogP contribution in [0.5, 0.6) is 11.5 Å². The second-order valence-electron chi connectivity index (χ2n) is 14.5. The first-order valence-corrected chi connectivity index (χ1v) is 17.7. The van der Waals surface area contributed by atoms with Crippen molar-refractivity contribution in [1.29, 1.82) is 0 Å². The van der Waals surface area contributed by atoms with Crippen LogP contribution in [0, 0.1) is 5.92 Å². The van der Waals surface area contributed by atoms with Gasteiger partial charge in [0.15, 0.2) is 0 Å². The van der Waals surface area contributed by atoms with E-state index in [9.17, 15) is 9.59 Å². The monoisotopic (exact) mass is 682 g/mol. The van der Waals surface area contributed by atoms with E-state index >= 15 is 0 Å². The van der Waals surface area contributed by atoms with Crippen LogP contribution in [-0.2, 0) is 16.1 Å². The van der Waals surface area contributed by atoms with E-state index < -0.39 is 5.60 Å². The molecule has 4 aromatic rings. The highest BCUT2D eigenvalue weighted by atomic mass is 16.6. The van der Waals surface area contributed by atoms with Gasteiger partial charge in [-0.2, -0.15) is 5.10 Å². The summed E-state index contributed by atoms with van der Waals surface area (Å²) in [6.07, 6.45) is 9.57. The third-order valence-corrected chi connectivity index (χ3v) is 9.63. The maximum Gasteiger partial charge on any atom is 0.410 e. The number of carbonyl (C=O) groups is 2. The molecule has 50 heavy (non-hydrogen) atoms. The molecule has 1 aromatic carbocycles. The molecule has 2 unspecified atom stereocenters. The Labute approximate surface area is 295 Å². The molecule has 1 saturated carbocycles. The van der Waals surface area contributed by atoms with Crippen LogP contribution in [0.2, 0.25) is 0 Å². The van der Waals surface area contributed by atoms with Gasteiger partial charge in [-0.05, 0) is 88.8 Å². The predicted octanol–water partition coefficient (Wildman–Crippen LogP) is 6.79. The van der Waals surface area contributed by atoms with Crippen LogP contribution in [0.3, 0.4) is 0 Å². The van der Waals surface area contributed by atoms with Crippen LogP contribution in [0.1, 0.15) is 70.9 Å². The van der Waals surface area contributed by atoms with Crippen LogP contribution in [0.15, 0.2) is 61.1 Å². The minimum Gasteiger partial charge on any atom is -0.497 e. The minimum atomic E-state index is -0.511. The molecule has 266 valence electrons. The highest BCUT2D eigenvalue weighted by Crippen LogP contribution is 2.45. The molecule has 1 saturated heterocycles. The number of carbonyl (C=O) groups excluding carboxylic acids is 2. The van der Waals surface area contributed by atoms with E-state index in [0.717, 1.165) is 65.2 Å². The second-order valence-corrected chi connectivity index (χ2v) is 14.5. The highest BCUT2D eigenvalue weighted by Gasteiger charge is 2.30. The van der Waals surface area contributed by atoms with Crippen molar-refractivity contribution >= 4 is 23.7 Å². The Balaban J connectivity index is 1.17. The van der Waals surface area contributed by atoms with Crippen LogP contribution >= 0.6 is 0 Å². The first-order chi connectivity index (χ1) is 24.0. The lowest BCUT2D eigenvalue weighted by molar-refractivity contribution is -0.119. The standard InChI is InChI=1S/C39H50N6O5/c1-7-29(24-42(26-46)23-28-8-13-33(48-6)14-9-28)27(2)49-36-20-31(25-45-37(36)34(22-41-45)30-10-11-30)35-15-12-32(21-40-35)43-16-18-44(19-17-43)38(47)50-39(3,4)5/h8-9,12-15,20-22,25-27,29-30H,7,10-11,16-19,23-24H2,1-6H3. The number of aromatic nitrogens is 3. The Morgan fingerprint density at radius 2 is 1.80 bits per heavy atom. The van der Waals surface area contributed by atoms with Crippen molar-refractivity contribution in [2.24, 2.45) is 5.92 Å². The second kappa shape index (κ2) is 15.0. The third-order valence-electron chi connectivity index (χ3n) is 9.63. The first kappa shape index (κ1) is 35.0. The van der Waals surface area contributed by atoms with Gasteiger partial charge in [-0.15, -0.1) is 0 Å². The number of fused-ring (bicyclic) bond motifs is 1. The quantitative estimate of drug-likeness (QED) is 0.142. The molecular weight excluding hydrogens is 632 g/mol.